The quantitative estimate of drug-likeness (QED) is 0.941. The fraction of sp³-hybridized carbons (Fsp3) is 0.529. The van der Waals surface area contributed by atoms with Gasteiger partial charge in [0.2, 0.25) is 0 Å². The van der Waals surface area contributed by atoms with Crippen molar-refractivity contribution in [2.24, 2.45) is 5.92 Å². The molecule has 3 fully saturated rings. The van der Waals surface area contributed by atoms with Crippen LogP contribution in [0, 0.1) is 19.8 Å². The topological polar surface area (TPSA) is 71.5 Å². The normalized spacial score (nSPS) is 26.4. The Balaban J connectivity index is 1.49. The number of amides is 1. The van der Waals surface area contributed by atoms with Gasteiger partial charge in [0.1, 0.15) is 11.5 Å². The van der Waals surface area contributed by atoms with Gasteiger partial charge in [-0.25, -0.2) is 0 Å². The Kier molecular flexibility index (Phi) is 3.49. The molecule has 23 heavy (non-hydrogen) atoms. The number of aromatic nitrogens is 1. The second kappa shape index (κ2) is 5.53. The number of carbonyl (C=O) groups is 1. The zero-order chi connectivity index (χ0) is 16.0. The molecule has 1 unspecified atom stereocenters. The first kappa shape index (κ1) is 14.5. The summed E-state index contributed by atoms with van der Waals surface area (Å²) in [5.41, 5.74) is 1.59. The van der Waals surface area contributed by atoms with Crippen LogP contribution in [-0.2, 0) is 0 Å². The lowest BCUT2D eigenvalue weighted by atomic mass is 9.84. The van der Waals surface area contributed by atoms with E-state index in [0.717, 1.165) is 30.9 Å². The number of hydrogen-bond donors (Lipinski definition) is 1. The molecule has 0 saturated carbocycles. The predicted octanol–water partition coefficient (Wildman–Crippen LogP) is 2.38. The maximum absolute atomic E-state index is 12.5. The van der Waals surface area contributed by atoms with Crippen molar-refractivity contribution in [2.45, 2.75) is 32.7 Å². The van der Waals surface area contributed by atoms with Crippen LogP contribution in [0.15, 0.2) is 21.1 Å². The van der Waals surface area contributed by atoms with Crippen molar-refractivity contribution in [1.82, 2.24) is 15.4 Å². The second-order valence-electron chi connectivity index (χ2n) is 6.58. The molecule has 0 aliphatic carbocycles. The van der Waals surface area contributed by atoms with Crippen LogP contribution in [0.1, 0.15) is 34.9 Å². The number of fused-ring (bicyclic) bond motifs is 3. The van der Waals surface area contributed by atoms with E-state index in [4.69, 9.17) is 8.94 Å². The van der Waals surface area contributed by atoms with Crippen molar-refractivity contribution in [3.8, 4) is 11.3 Å². The molecule has 6 heteroatoms. The lowest BCUT2D eigenvalue weighted by Gasteiger charge is -2.44. The Morgan fingerprint density at radius 3 is 2.70 bits per heavy atom. The summed E-state index contributed by atoms with van der Waals surface area (Å²) in [5, 5.41) is 7.07. The molecule has 2 aromatic heterocycles. The molecule has 5 heterocycles. The number of piperidine rings is 3. The largest absolute Gasteiger partial charge is 0.451 e. The first-order valence-corrected chi connectivity index (χ1v) is 8.18. The van der Waals surface area contributed by atoms with E-state index in [9.17, 15) is 4.79 Å². The molecule has 3 aliphatic rings. The number of rotatable bonds is 3. The first-order valence-electron chi connectivity index (χ1n) is 8.18. The van der Waals surface area contributed by atoms with Crippen molar-refractivity contribution in [3.63, 3.8) is 0 Å². The van der Waals surface area contributed by atoms with Gasteiger partial charge in [-0.15, -0.1) is 0 Å². The predicted molar refractivity (Wildman–Crippen MR) is 84.1 cm³/mol. The van der Waals surface area contributed by atoms with E-state index < -0.39 is 0 Å². The molecule has 0 radical (unpaired) electrons. The number of nitrogens with zero attached hydrogens (tertiary/aromatic N) is 2. The van der Waals surface area contributed by atoms with Gasteiger partial charge in [-0.05, 0) is 57.8 Å². The number of hydrogen-bond acceptors (Lipinski definition) is 5. The molecule has 2 aromatic rings. The summed E-state index contributed by atoms with van der Waals surface area (Å²) in [4.78, 5) is 14.9. The van der Waals surface area contributed by atoms with E-state index in [1.54, 1.807) is 12.1 Å². The molecule has 5 rings (SSSR count). The van der Waals surface area contributed by atoms with Gasteiger partial charge in [-0.3, -0.25) is 4.79 Å². The Bertz CT molecular complexity index is 706. The molecule has 3 saturated heterocycles. The monoisotopic (exact) mass is 315 g/mol. The SMILES string of the molecule is Cc1noc(C)c1-c1ccc(C(=O)NC2CN3CCC2CC3)o1. The van der Waals surface area contributed by atoms with E-state index in [0.29, 0.717) is 23.2 Å². The zero-order valence-corrected chi connectivity index (χ0v) is 13.5. The van der Waals surface area contributed by atoms with E-state index in [1.807, 2.05) is 13.8 Å². The van der Waals surface area contributed by atoms with E-state index >= 15 is 0 Å². The van der Waals surface area contributed by atoms with Gasteiger partial charge < -0.3 is 19.2 Å². The highest BCUT2D eigenvalue weighted by Crippen LogP contribution is 2.30. The standard InChI is InChI=1S/C17H21N3O3/c1-10-16(11(2)23-19-10)14-3-4-15(22-14)17(21)18-13-9-20-7-5-12(13)6-8-20/h3-4,12-13H,5-9H2,1-2H3,(H,18,21). The molecular weight excluding hydrogens is 294 g/mol. The fourth-order valence-electron chi connectivity index (χ4n) is 3.80. The Morgan fingerprint density at radius 2 is 2.09 bits per heavy atom. The van der Waals surface area contributed by atoms with Gasteiger partial charge in [-0.2, -0.15) is 0 Å². The minimum absolute atomic E-state index is 0.137. The minimum atomic E-state index is -0.137. The van der Waals surface area contributed by atoms with Crippen LogP contribution in [0.5, 0.6) is 0 Å². The smallest absolute Gasteiger partial charge is 0.287 e. The third kappa shape index (κ3) is 2.57. The van der Waals surface area contributed by atoms with Crippen LogP contribution in [0.2, 0.25) is 0 Å². The maximum Gasteiger partial charge on any atom is 0.287 e. The number of furan rings is 1. The fourth-order valence-corrected chi connectivity index (χ4v) is 3.80. The highest BCUT2D eigenvalue weighted by Gasteiger charge is 2.35. The van der Waals surface area contributed by atoms with Crippen LogP contribution in [0.4, 0.5) is 0 Å². The lowest BCUT2D eigenvalue weighted by Crippen LogP contribution is -2.57. The summed E-state index contributed by atoms with van der Waals surface area (Å²) in [6.07, 6.45) is 2.35. The van der Waals surface area contributed by atoms with Crippen molar-refractivity contribution in [1.29, 1.82) is 0 Å². The molecule has 6 nitrogen and oxygen atoms in total. The average molecular weight is 315 g/mol. The molecule has 1 N–H and O–H groups in total. The van der Waals surface area contributed by atoms with Crippen LogP contribution >= 0.6 is 0 Å². The van der Waals surface area contributed by atoms with Gasteiger partial charge >= 0.3 is 0 Å². The summed E-state index contributed by atoms with van der Waals surface area (Å²) in [6.45, 7) is 6.97. The number of nitrogens with one attached hydrogen (secondary N) is 1. The van der Waals surface area contributed by atoms with Crippen LogP contribution in [0.25, 0.3) is 11.3 Å². The number of aryl methyl sites for hydroxylation is 2. The first-order chi connectivity index (χ1) is 11.1. The molecular formula is C17H21N3O3. The summed E-state index contributed by atoms with van der Waals surface area (Å²) in [7, 11) is 0. The Morgan fingerprint density at radius 1 is 1.30 bits per heavy atom. The summed E-state index contributed by atoms with van der Waals surface area (Å²) in [5.74, 6) is 2.13. The van der Waals surface area contributed by atoms with Crippen molar-refractivity contribution >= 4 is 5.91 Å². The highest BCUT2D eigenvalue weighted by molar-refractivity contribution is 5.92. The Hall–Kier alpha value is -2.08. The van der Waals surface area contributed by atoms with Crippen molar-refractivity contribution in [2.75, 3.05) is 19.6 Å². The van der Waals surface area contributed by atoms with E-state index in [1.165, 1.54) is 12.8 Å². The van der Waals surface area contributed by atoms with Crippen molar-refractivity contribution < 1.29 is 13.7 Å². The average Bonchev–Trinajstić information content (AvgIpc) is 3.15. The third-order valence-electron chi connectivity index (χ3n) is 5.08. The van der Waals surface area contributed by atoms with E-state index in [-0.39, 0.29) is 11.9 Å². The molecule has 122 valence electrons. The molecule has 3 aliphatic heterocycles. The lowest BCUT2D eigenvalue weighted by molar-refractivity contribution is 0.0606. The zero-order valence-electron chi connectivity index (χ0n) is 13.5. The molecule has 0 spiro atoms. The summed E-state index contributed by atoms with van der Waals surface area (Å²) in [6, 6.07) is 3.76. The van der Waals surface area contributed by atoms with Gasteiger partial charge in [-0.1, -0.05) is 5.16 Å². The van der Waals surface area contributed by atoms with E-state index in [2.05, 4.69) is 15.4 Å². The highest BCUT2D eigenvalue weighted by atomic mass is 16.5. The summed E-state index contributed by atoms with van der Waals surface area (Å²) >= 11 is 0. The third-order valence-corrected chi connectivity index (χ3v) is 5.08. The van der Waals surface area contributed by atoms with Crippen LogP contribution in [0.3, 0.4) is 0 Å². The van der Waals surface area contributed by atoms with Gasteiger partial charge in [0.05, 0.1) is 11.3 Å². The number of carbonyl (C=O) groups excluding carboxylic acids is 1. The van der Waals surface area contributed by atoms with Gasteiger partial charge in [0.15, 0.2) is 5.76 Å². The summed E-state index contributed by atoms with van der Waals surface area (Å²) < 4.78 is 10.9. The van der Waals surface area contributed by atoms with Crippen LogP contribution < -0.4 is 5.32 Å². The molecule has 2 bridgehead atoms. The molecule has 1 amide bonds. The van der Waals surface area contributed by atoms with Crippen molar-refractivity contribution in [3.05, 3.63) is 29.3 Å². The second-order valence-corrected chi connectivity index (χ2v) is 6.58. The minimum Gasteiger partial charge on any atom is -0.451 e. The van der Waals surface area contributed by atoms with Gasteiger partial charge in [0.25, 0.3) is 5.91 Å². The van der Waals surface area contributed by atoms with Crippen LogP contribution in [-0.4, -0.2) is 41.6 Å². The van der Waals surface area contributed by atoms with Gasteiger partial charge in [0, 0.05) is 12.6 Å². The molecule has 0 aromatic carbocycles. The molecule has 1 atom stereocenters. The Labute approximate surface area is 134 Å². The maximum atomic E-state index is 12.5.